The van der Waals surface area contributed by atoms with E-state index in [0.717, 1.165) is 17.0 Å². The van der Waals surface area contributed by atoms with Gasteiger partial charge < -0.3 is 10.0 Å². The number of thiol groups is 1. The van der Waals surface area contributed by atoms with Crippen LogP contribution in [0.5, 0.6) is 5.75 Å². The molecule has 2 rings (SSSR count). The standard InChI is InChI=1S/C12H15N5O3S3/c1-17(2)8-3-4-9(10(18)7-8)13-14-11-15-16-12(22-11)23(19,20)6-5-21/h3-4,7,18,21H,5-6H2,1-2H3. The van der Waals surface area contributed by atoms with Gasteiger partial charge in [0.05, 0.1) is 5.75 Å². The number of aromatic nitrogens is 2. The fourth-order valence-corrected chi connectivity index (χ4v) is 4.23. The Balaban J connectivity index is 2.20. The SMILES string of the molecule is CN(C)c1ccc(N=Nc2nnc(S(=O)(=O)CCS)s2)c(O)c1. The number of rotatable bonds is 6. The molecule has 1 aromatic heterocycles. The quantitative estimate of drug-likeness (QED) is 0.595. The Hall–Kier alpha value is -1.72. The molecule has 1 aromatic carbocycles. The molecule has 0 atom stereocenters. The Morgan fingerprint density at radius 3 is 2.65 bits per heavy atom. The number of sulfone groups is 1. The molecule has 0 aliphatic carbocycles. The third kappa shape index (κ3) is 4.39. The molecule has 0 bridgehead atoms. The predicted octanol–water partition coefficient (Wildman–Crippen LogP) is 2.43. The number of nitrogens with zero attached hydrogens (tertiary/aromatic N) is 5. The van der Waals surface area contributed by atoms with Gasteiger partial charge in [0.1, 0.15) is 11.4 Å². The monoisotopic (exact) mass is 373 g/mol. The number of aromatic hydroxyl groups is 1. The lowest BCUT2D eigenvalue weighted by molar-refractivity contribution is 0.476. The second kappa shape index (κ2) is 7.23. The number of hydrogen-bond donors (Lipinski definition) is 2. The highest BCUT2D eigenvalue weighted by Crippen LogP contribution is 2.32. The van der Waals surface area contributed by atoms with Crippen molar-refractivity contribution in [2.24, 2.45) is 10.2 Å². The molecule has 1 heterocycles. The first kappa shape index (κ1) is 17.6. The van der Waals surface area contributed by atoms with E-state index in [9.17, 15) is 13.5 Å². The number of phenolic OH excluding ortho intramolecular Hbond substituents is 1. The van der Waals surface area contributed by atoms with Crippen LogP contribution in [-0.2, 0) is 9.84 Å². The van der Waals surface area contributed by atoms with Crippen molar-refractivity contribution in [3.8, 4) is 5.75 Å². The Morgan fingerprint density at radius 2 is 2.04 bits per heavy atom. The fraction of sp³-hybridized carbons (Fsp3) is 0.333. The van der Waals surface area contributed by atoms with E-state index in [1.165, 1.54) is 0 Å². The summed E-state index contributed by atoms with van der Waals surface area (Å²) < 4.78 is 23.5. The average molecular weight is 373 g/mol. The summed E-state index contributed by atoms with van der Waals surface area (Å²) in [5, 5.41) is 25.0. The van der Waals surface area contributed by atoms with Crippen molar-refractivity contribution >= 4 is 50.3 Å². The summed E-state index contributed by atoms with van der Waals surface area (Å²) in [5.41, 5.74) is 1.07. The van der Waals surface area contributed by atoms with Crippen molar-refractivity contribution in [2.45, 2.75) is 4.34 Å². The van der Waals surface area contributed by atoms with Crippen molar-refractivity contribution in [3.05, 3.63) is 18.2 Å². The Kier molecular flexibility index (Phi) is 5.55. The zero-order valence-electron chi connectivity index (χ0n) is 12.4. The second-order valence-electron chi connectivity index (χ2n) is 4.66. The van der Waals surface area contributed by atoms with Gasteiger partial charge in [-0.1, -0.05) is 11.3 Å². The van der Waals surface area contributed by atoms with E-state index in [-0.39, 0.29) is 32.4 Å². The molecule has 8 nitrogen and oxygen atoms in total. The fourth-order valence-electron chi connectivity index (χ4n) is 1.55. The minimum Gasteiger partial charge on any atom is -0.506 e. The summed E-state index contributed by atoms with van der Waals surface area (Å²) in [6, 6.07) is 4.93. The maximum atomic E-state index is 11.8. The van der Waals surface area contributed by atoms with Crippen LogP contribution in [0.2, 0.25) is 0 Å². The summed E-state index contributed by atoms with van der Waals surface area (Å²) in [7, 11) is 0.219. The summed E-state index contributed by atoms with van der Waals surface area (Å²) in [5.74, 6) is 0.0480. The molecule has 1 N–H and O–H groups in total. The molecule has 0 saturated heterocycles. The maximum absolute atomic E-state index is 11.8. The van der Waals surface area contributed by atoms with Crippen LogP contribution in [0.25, 0.3) is 0 Å². The molecule has 2 aromatic rings. The second-order valence-corrected chi connectivity index (χ2v) is 8.35. The lowest BCUT2D eigenvalue weighted by Gasteiger charge is -2.12. The normalized spacial score (nSPS) is 12.0. The summed E-state index contributed by atoms with van der Waals surface area (Å²) in [6.07, 6.45) is 0. The van der Waals surface area contributed by atoms with Gasteiger partial charge in [-0.3, -0.25) is 0 Å². The van der Waals surface area contributed by atoms with Gasteiger partial charge in [0, 0.05) is 31.6 Å². The molecular formula is C12H15N5O3S3. The molecule has 0 aliphatic heterocycles. The van der Waals surface area contributed by atoms with Gasteiger partial charge in [0.2, 0.25) is 14.2 Å². The molecule has 0 aliphatic rings. The van der Waals surface area contributed by atoms with Crippen LogP contribution in [0.15, 0.2) is 32.8 Å². The summed E-state index contributed by atoms with van der Waals surface area (Å²) in [6.45, 7) is 0. The minimum absolute atomic E-state index is 0.0348. The first-order valence-electron chi connectivity index (χ1n) is 6.42. The van der Waals surface area contributed by atoms with Crippen LogP contribution in [0.4, 0.5) is 16.5 Å². The van der Waals surface area contributed by atoms with Crippen LogP contribution in [0.1, 0.15) is 0 Å². The molecule has 0 unspecified atom stereocenters. The van der Waals surface area contributed by atoms with Crippen molar-refractivity contribution < 1.29 is 13.5 Å². The topological polar surface area (TPSA) is 108 Å². The maximum Gasteiger partial charge on any atom is 0.252 e. The van der Waals surface area contributed by atoms with Gasteiger partial charge in [0.25, 0.3) is 5.13 Å². The van der Waals surface area contributed by atoms with E-state index >= 15 is 0 Å². The summed E-state index contributed by atoms with van der Waals surface area (Å²) in [4.78, 5) is 1.84. The van der Waals surface area contributed by atoms with Crippen molar-refractivity contribution in [1.29, 1.82) is 0 Å². The highest BCUT2D eigenvalue weighted by molar-refractivity contribution is 7.94. The zero-order valence-corrected chi connectivity index (χ0v) is 14.9. The Bertz CT molecular complexity index is 817. The lowest BCUT2D eigenvalue weighted by atomic mass is 10.2. The third-order valence-corrected chi connectivity index (χ3v) is 6.24. The van der Waals surface area contributed by atoms with E-state index in [0.29, 0.717) is 0 Å². The van der Waals surface area contributed by atoms with E-state index in [1.807, 2.05) is 19.0 Å². The molecule has 11 heteroatoms. The van der Waals surface area contributed by atoms with Gasteiger partial charge in [-0.2, -0.15) is 12.6 Å². The minimum atomic E-state index is -3.48. The number of benzene rings is 1. The molecule has 0 saturated carbocycles. The predicted molar refractivity (Wildman–Crippen MR) is 92.4 cm³/mol. The molecule has 0 spiro atoms. The van der Waals surface area contributed by atoms with E-state index in [4.69, 9.17) is 0 Å². The van der Waals surface area contributed by atoms with Gasteiger partial charge >= 0.3 is 0 Å². The van der Waals surface area contributed by atoms with E-state index in [1.54, 1.807) is 18.2 Å². The van der Waals surface area contributed by atoms with E-state index < -0.39 is 9.84 Å². The highest BCUT2D eigenvalue weighted by Gasteiger charge is 2.19. The van der Waals surface area contributed by atoms with Gasteiger partial charge in [-0.25, -0.2) is 8.42 Å². The van der Waals surface area contributed by atoms with Crippen LogP contribution in [-0.4, -0.2) is 49.3 Å². The van der Waals surface area contributed by atoms with Gasteiger partial charge in [-0.15, -0.1) is 20.4 Å². The van der Waals surface area contributed by atoms with Crippen molar-refractivity contribution in [1.82, 2.24) is 10.2 Å². The van der Waals surface area contributed by atoms with Crippen LogP contribution in [0.3, 0.4) is 0 Å². The largest absolute Gasteiger partial charge is 0.506 e. The number of hydrogen-bond acceptors (Lipinski definition) is 10. The van der Waals surface area contributed by atoms with Gasteiger partial charge in [0.15, 0.2) is 0 Å². The van der Waals surface area contributed by atoms with Crippen molar-refractivity contribution in [3.63, 3.8) is 0 Å². The van der Waals surface area contributed by atoms with Crippen molar-refractivity contribution in [2.75, 3.05) is 30.5 Å². The van der Waals surface area contributed by atoms with Crippen LogP contribution < -0.4 is 4.90 Å². The molecule has 124 valence electrons. The molecule has 0 fully saturated rings. The van der Waals surface area contributed by atoms with Crippen LogP contribution in [0, 0.1) is 0 Å². The van der Waals surface area contributed by atoms with E-state index in [2.05, 4.69) is 33.1 Å². The molecular weight excluding hydrogens is 358 g/mol. The molecule has 0 radical (unpaired) electrons. The highest BCUT2D eigenvalue weighted by atomic mass is 32.2. The first-order chi connectivity index (χ1) is 10.8. The summed E-state index contributed by atoms with van der Waals surface area (Å²) >= 11 is 4.72. The Labute approximate surface area is 143 Å². The molecule has 23 heavy (non-hydrogen) atoms. The average Bonchev–Trinajstić information content (AvgIpc) is 2.95. The van der Waals surface area contributed by atoms with Gasteiger partial charge in [-0.05, 0) is 12.1 Å². The third-order valence-electron chi connectivity index (χ3n) is 2.74. The van der Waals surface area contributed by atoms with Crippen LogP contribution >= 0.6 is 24.0 Å². The Morgan fingerprint density at radius 1 is 1.30 bits per heavy atom. The lowest BCUT2D eigenvalue weighted by Crippen LogP contribution is -2.07. The molecule has 0 amide bonds. The first-order valence-corrected chi connectivity index (χ1v) is 9.53. The number of phenols is 1. The zero-order chi connectivity index (χ0) is 17.0. The smallest absolute Gasteiger partial charge is 0.252 e. The number of azo groups is 1. The number of anilines is 1.